The van der Waals surface area contributed by atoms with Crippen molar-refractivity contribution in [3.05, 3.63) is 48.5 Å². The van der Waals surface area contributed by atoms with Gasteiger partial charge in [0.25, 0.3) is 0 Å². The van der Waals surface area contributed by atoms with Crippen LogP contribution < -0.4 is 10.6 Å². The average molecular weight is 269 g/mol. The predicted molar refractivity (Wildman–Crippen MR) is 80.4 cm³/mol. The summed E-state index contributed by atoms with van der Waals surface area (Å²) in [4.78, 5) is 13.3. The van der Waals surface area contributed by atoms with Crippen LogP contribution in [0.2, 0.25) is 0 Å². The van der Waals surface area contributed by atoms with E-state index in [0.29, 0.717) is 0 Å². The summed E-state index contributed by atoms with van der Waals surface area (Å²) < 4.78 is 0. The Morgan fingerprint density at radius 2 is 1.60 bits per heavy atom. The molecule has 0 radical (unpaired) electrons. The molecule has 0 unspecified atom stereocenters. The minimum Gasteiger partial charge on any atom is -0.399 e. The van der Waals surface area contributed by atoms with Crippen LogP contribution in [0.15, 0.2) is 42.7 Å². The first kappa shape index (κ1) is 12.9. The van der Waals surface area contributed by atoms with Crippen molar-refractivity contribution in [1.82, 2.24) is 14.9 Å². The van der Waals surface area contributed by atoms with Crippen molar-refractivity contribution in [2.45, 2.75) is 6.54 Å². The Balaban J connectivity index is 1.55. The Bertz CT molecular complexity index is 532. The maximum Gasteiger partial charge on any atom is 0.142 e. The van der Waals surface area contributed by atoms with Crippen molar-refractivity contribution in [2.75, 3.05) is 36.8 Å². The normalized spacial score (nSPS) is 16.3. The highest BCUT2D eigenvalue weighted by atomic mass is 15.3. The molecule has 1 saturated heterocycles. The second-order valence-electron chi connectivity index (χ2n) is 5.02. The lowest BCUT2D eigenvalue weighted by atomic mass is 10.2. The van der Waals surface area contributed by atoms with Gasteiger partial charge in [-0.15, -0.1) is 0 Å². The minimum atomic E-state index is 0.814. The fourth-order valence-corrected chi connectivity index (χ4v) is 2.46. The highest BCUT2D eigenvalue weighted by Crippen LogP contribution is 2.18. The first-order valence-corrected chi connectivity index (χ1v) is 6.90. The zero-order valence-corrected chi connectivity index (χ0v) is 11.4. The number of hydrogen-bond donors (Lipinski definition) is 1. The number of anilines is 2. The molecule has 0 saturated carbocycles. The van der Waals surface area contributed by atoms with Gasteiger partial charge in [0.1, 0.15) is 5.82 Å². The number of nitrogens with zero attached hydrogens (tertiary/aromatic N) is 4. The van der Waals surface area contributed by atoms with E-state index in [-0.39, 0.29) is 0 Å². The van der Waals surface area contributed by atoms with Crippen LogP contribution in [-0.4, -0.2) is 41.0 Å². The first-order valence-electron chi connectivity index (χ1n) is 6.90. The molecule has 1 fully saturated rings. The van der Waals surface area contributed by atoms with Gasteiger partial charge in [0.15, 0.2) is 0 Å². The number of benzene rings is 1. The maximum absolute atomic E-state index is 5.72. The van der Waals surface area contributed by atoms with Gasteiger partial charge in [0.2, 0.25) is 0 Å². The van der Waals surface area contributed by atoms with Crippen molar-refractivity contribution in [2.24, 2.45) is 0 Å². The zero-order valence-electron chi connectivity index (χ0n) is 11.4. The molecule has 0 aliphatic carbocycles. The van der Waals surface area contributed by atoms with E-state index >= 15 is 0 Å². The molecule has 0 amide bonds. The van der Waals surface area contributed by atoms with Gasteiger partial charge in [0.05, 0.1) is 6.54 Å². The van der Waals surface area contributed by atoms with E-state index in [4.69, 9.17) is 5.73 Å². The summed E-state index contributed by atoms with van der Waals surface area (Å²) >= 11 is 0. The highest BCUT2D eigenvalue weighted by Gasteiger charge is 2.17. The summed E-state index contributed by atoms with van der Waals surface area (Å²) in [5, 5.41) is 0. The van der Waals surface area contributed by atoms with Gasteiger partial charge in [-0.2, -0.15) is 0 Å². The van der Waals surface area contributed by atoms with Crippen LogP contribution in [0, 0.1) is 0 Å². The lowest BCUT2D eigenvalue weighted by molar-refractivity contribution is 0.244. The van der Waals surface area contributed by atoms with E-state index in [2.05, 4.69) is 31.9 Å². The number of rotatable bonds is 3. The van der Waals surface area contributed by atoms with Gasteiger partial charge in [-0.3, -0.25) is 4.90 Å². The van der Waals surface area contributed by atoms with Gasteiger partial charge >= 0.3 is 0 Å². The topological polar surface area (TPSA) is 58.3 Å². The number of nitrogens with two attached hydrogens (primary N) is 1. The number of aromatic nitrogens is 2. The summed E-state index contributed by atoms with van der Waals surface area (Å²) in [6.07, 6.45) is 3.60. The van der Waals surface area contributed by atoms with Gasteiger partial charge in [0, 0.05) is 49.9 Å². The molecule has 1 aliphatic heterocycles. The van der Waals surface area contributed by atoms with Crippen LogP contribution in [0.25, 0.3) is 0 Å². The van der Waals surface area contributed by atoms with E-state index in [1.807, 2.05) is 18.2 Å². The largest absolute Gasteiger partial charge is 0.399 e. The summed E-state index contributed by atoms with van der Waals surface area (Å²) in [6.45, 7) is 4.94. The molecule has 1 aliphatic rings. The Morgan fingerprint density at radius 1 is 0.950 bits per heavy atom. The molecule has 1 aromatic carbocycles. The Kier molecular flexibility index (Phi) is 3.78. The Labute approximate surface area is 119 Å². The highest BCUT2D eigenvalue weighted by molar-refractivity contribution is 5.53. The lowest BCUT2D eigenvalue weighted by Crippen LogP contribution is -2.46. The lowest BCUT2D eigenvalue weighted by Gasteiger charge is -2.35. The molecule has 0 atom stereocenters. The summed E-state index contributed by atoms with van der Waals surface area (Å²) in [6, 6.07) is 9.94. The van der Waals surface area contributed by atoms with Gasteiger partial charge in [-0.05, 0) is 30.3 Å². The SMILES string of the molecule is Nc1ccc(N2CCN(Cc3ncccn3)CC2)cc1. The van der Waals surface area contributed by atoms with Crippen molar-refractivity contribution < 1.29 is 0 Å². The molecule has 2 N–H and O–H groups in total. The average Bonchev–Trinajstić information content (AvgIpc) is 2.50. The van der Waals surface area contributed by atoms with Crippen molar-refractivity contribution in [1.29, 1.82) is 0 Å². The second-order valence-corrected chi connectivity index (χ2v) is 5.02. The predicted octanol–water partition coefficient (Wildman–Crippen LogP) is 1.38. The van der Waals surface area contributed by atoms with Crippen LogP contribution in [0.5, 0.6) is 0 Å². The van der Waals surface area contributed by atoms with Crippen molar-refractivity contribution in [3.63, 3.8) is 0 Å². The summed E-state index contributed by atoms with van der Waals surface area (Å²) in [5.74, 6) is 0.897. The fourth-order valence-electron chi connectivity index (χ4n) is 2.46. The standard InChI is InChI=1S/C15H19N5/c16-13-2-4-14(5-3-13)20-10-8-19(9-11-20)12-15-17-6-1-7-18-15/h1-7H,8-12,16H2. The summed E-state index contributed by atoms with van der Waals surface area (Å²) in [5.41, 5.74) is 7.78. The van der Waals surface area contributed by atoms with Gasteiger partial charge in [-0.1, -0.05) is 0 Å². The molecule has 0 bridgehead atoms. The summed E-state index contributed by atoms with van der Waals surface area (Å²) in [7, 11) is 0. The molecule has 0 spiro atoms. The Morgan fingerprint density at radius 3 is 2.25 bits per heavy atom. The quantitative estimate of drug-likeness (QED) is 0.853. The smallest absolute Gasteiger partial charge is 0.142 e. The van der Waals surface area contributed by atoms with E-state index in [9.17, 15) is 0 Å². The molecule has 1 aromatic heterocycles. The third-order valence-corrected chi connectivity index (χ3v) is 3.61. The third-order valence-electron chi connectivity index (χ3n) is 3.61. The van der Waals surface area contributed by atoms with Gasteiger partial charge in [-0.25, -0.2) is 9.97 Å². The van der Waals surface area contributed by atoms with Crippen molar-refractivity contribution in [3.8, 4) is 0 Å². The number of nitrogen functional groups attached to an aromatic ring is 1. The molecule has 3 rings (SSSR count). The van der Waals surface area contributed by atoms with E-state index < -0.39 is 0 Å². The van der Waals surface area contributed by atoms with Crippen LogP contribution in [0.4, 0.5) is 11.4 Å². The fraction of sp³-hybridized carbons (Fsp3) is 0.333. The van der Waals surface area contributed by atoms with Crippen LogP contribution in [-0.2, 0) is 6.54 Å². The monoisotopic (exact) mass is 269 g/mol. The molecular formula is C15H19N5. The van der Waals surface area contributed by atoms with E-state index in [1.54, 1.807) is 12.4 Å². The Hall–Kier alpha value is -2.14. The third kappa shape index (κ3) is 3.05. The number of hydrogen-bond acceptors (Lipinski definition) is 5. The van der Waals surface area contributed by atoms with E-state index in [0.717, 1.165) is 44.2 Å². The molecule has 2 aromatic rings. The maximum atomic E-state index is 5.72. The van der Waals surface area contributed by atoms with Crippen LogP contribution in [0.3, 0.4) is 0 Å². The molecule has 5 heteroatoms. The molecule has 20 heavy (non-hydrogen) atoms. The molecule has 104 valence electrons. The minimum absolute atomic E-state index is 0.814. The van der Waals surface area contributed by atoms with Gasteiger partial charge < -0.3 is 10.6 Å². The first-order chi connectivity index (χ1) is 9.81. The van der Waals surface area contributed by atoms with Crippen molar-refractivity contribution >= 4 is 11.4 Å². The number of piperazine rings is 1. The molecule has 5 nitrogen and oxygen atoms in total. The molecule has 2 heterocycles. The van der Waals surface area contributed by atoms with E-state index in [1.165, 1.54) is 5.69 Å². The second kappa shape index (κ2) is 5.88. The molecular weight excluding hydrogens is 250 g/mol. The van der Waals surface area contributed by atoms with Crippen LogP contribution >= 0.6 is 0 Å². The zero-order chi connectivity index (χ0) is 13.8. The van der Waals surface area contributed by atoms with Crippen LogP contribution in [0.1, 0.15) is 5.82 Å².